The van der Waals surface area contributed by atoms with E-state index >= 15 is 0 Å². The lowest BCUT2D eigenvalue weighted by Crippen LogP contribution is -2.41. The van der Waals surface area contributed by atoms with Crippen LogP contribution in [0.3, 0.4) is 0 Å². The third-order valence-corrected chi connectivity index (χ3v) is 4.09. The molecule has 0 aliphatic heterocycles. The highest BCUT2D eigenvalue weighted by atomic mass is 127. The van der Waals surface area contributed by atoms with Crippen molar-refractivity contribution in [3.05, 3.63) is 66.2 Å². The normalized spacial score (nSPS) is 12.0. The molecular formula is C21H26FIN6O. The number of aromatic amines is 1. The molecule has 0 saturated heterocycles. The summed E-state index contributed by atoms with van der Waals surface area (Å²) in [6, 6.07) is 14.0. The highest BCUT2D eigenvalue weighted by Gasteiger charge is 2.07. The van der Waals surface area contributed by atoms with Gasteiger partial charge in [0.1, 0.15) is 24.0 Å². The minimum absolute atomic E-state index is 0. The molecule has 1 aromatic heterocycles. The molecule has 3 rings (SSSR count). The van der Waals surface area contributed by atoms with E-state index in [1.54, 1.807) is 12.1 Å². The molecule has 0 saturated carbocycles. The monoisotopic (exact) mass is 524 g/mol. The maximum absolute atomic E-state index is 13.0. The van der Waals surface area contributed by atoms with Gasteiger partial charge < -0.3 is 15.4 Å². The Morgan fingerprint density at radius 3 is 2.70 bits per heavy atom. The number of hydrogen-bond donors (Lipinski definition) is 3. The predicted octanol–water partition coefficient (Wildman–Crippen LogP) is 3.75. The van der Waals surface area contributed by atoms with Crippen molar-refractivity contribution in [2.75, 3.05) is 13.1 Å². The third-order valence-electron chi connectivity index (χ3n) is 4.09. The molecule has 0 radical (unpaired) electrons. The minimum Gasteiger partial charge on any atom is -0.489 e. The van der Waals surface area contributed by atoms with Crippen molar-refractivity contribution in [2.24, 2.45) is 4.99 Å². The summed E-state index contributed by atoms with van der Waals surface area (Å²) in [5, 5.41) is 13.3. The molecule has 7 nitrogen and oxygen atoms in total. The number of benzene rings is 2. The number of nitrogens with one attached hydrogen (secondary N) is 3. The van der Waals surface area contributed by atoms with Gasteiger partial charge in [-0.05, 0) is 49.7 Å². The van der Waals surface area contributed by atoms with Crippen LogP contribution in [-0.4, -0.2) is 40.3 Å². The number of guanidine groups is 1. The van der Waals surface area contributed by atoms with Gasteiger partial charge >= 0.3 is 0 Å². The Bertz CT molecular complexity index is 918. The Labute approximate surface area is 192 Å². The number of ether oxygens (including phenoxy) is 1. The maximum Gasteiger partial charge on any atom is 0.191 e. The largest absolute Gasteiger partial charge is 0.489 e. The number of halogens is 2. The summed E-state index contributed by atoms with van der Waals surface area (Å²) in [7, 11) is 0. The molecule has 3 aromatic rings. The van der Waals surface area contributed by atoms with E-state index in [1.807, 2.05) is 38.1 Å². The standard InChI is InChI=1S/C21H25FN6O.HI/c1-3-23-21(24-12-15(2)29-19-9-7-18(22)8-10-19)25-13-16-5-4-6-17(11-16)20-26-14-27-28-20;/h4-11,14-15H,3,12-13H2,1-2H3,(H2,23,24,25)(H,26,27,28);1H. The molecule has 160 valence electrons. The zero-order valence-corrected chi connectivity index (χ0v) is 19.3. The molecule has 1 atom stereocenters. The molecule has 3 N–H and O–H groups in total. The number of rotatable bonds is 8. The molecule has 0 aliphatic rings. The molecule has 2 aromatic carbocycles. The van der Waals surface area contributed by atoms with E-state index in [-0.39, 0.29) is 35.9 Å². The first-order chi connectivity index (χ1) is 14.1. The fraction of sp³-hybridized carbons (Fsp3) is 0.286. The Balaban J connectivity index is 0.00000320. The Morgan fingerprint density at radius 1 is 1.20 bits per heavy atom. The molecule has 0 spiro atoms. The average Bonchev–Trinajstić information content (AvgIpc) is 3.27. The van der Waals surface area contributed by atoms with Gasteiger partial charge in [-0.1, -0.05) is 18.2 Å². The molecule has 0 aliphatic carbocycles. The van der Waals surface area contributed by atoms with Crippen LogP contribution in [0.5, 0.6) is 5.75 Å². The Kier molecular flexibility index (Phi) is 9.52. The Hall–Kier alpha value is -2.69. The first-order valence-corrected chi connectivity index (χ1v) is 9.53. The van der Waals surface area contributed by atoms with Crippen LogP contribution < -0.4 is 15.4 Å². The quantitative estimate of drug-likeness (QED) is 0.238. The highest BCUT2D eigenvalue weighted by Crippen LogP contribution is 2.16. The lowest BCUT2D eigenvalue weighted by Gasteiger charge is -2.17. The van der Waals surface area contributed by atoms with E-state index in [2.05, 4.69) is 30.8 Å². The zero-order chi connectivity index (χ0) is 20.5. The van der Waals surface area contributed by atoms with Crippen LogP contribution in [0.25, 0.3) is 11.4 Å². The predicted molar refractivity (Wildman–Crippen MR) is 127 cm³/mol. The fourth-order valence-electron chi connectivity index (χ4n) is 2.70. The number of hydrogen-bond acceptors (Lipinski definition) is 4. The molecular weight excluding hydrogens is 498 g/mol. The van der Waals surface area contributed by atoms with E-state index in [0.717, 1.165) is 23.5 Å². The van der Waals surface area contributed by atoms with E-state index < -0.39 is 0 Å². The molecule has 9 heteroatoms. The molecule has 1 heterocycles. The summed E-state index contributed by atoms with van der Waals surface area (Å²) in [6.07, 6.45) is 1.38. The maximum atomic E-state index is 13.0. The van der Waals surface area contributed by atoms with E-state index in [4.69, 9.17) is 4.74 Å². The van der Waals surface area contributed by atoms with E-state index in [0.29, 0.717) is 24.8 Å². The highest BCUT2D eigenvalue weighted by molar-refractivity contribution is 14.0. The smallest absolute Gasteiger partial charge is 0.191 e. The molecule has 0 bridgehead atoms. The summed E-state index contributed by atoms with van der Waals surface area (Å²) in [5.74, 6) is 1.78. The second-order valence-corrected chi connectivity index (χ2v) is 6.49. The SMILES string of the molecule is CCNC(=NCc1cccc(-c2ncn[nH]2)c1)NCC(C)Oc1ccc(F)cc1.I. The van der Waals surface area contributed by atoms with Gasteiger partial charge in [0.2, 0.25) is 0 Å². The number of nitrogens with zero attached hydrogens (tertiary/aromatic N) is 3. The van der Waals surface area contributed by atoms with Gasteiger partial charge in [-0.2, -0.15) is 5.10 Å². The van der Waals surface area contributed by atoms with Crippen LogP contribution in [-0.2, 0) is 6.54 Å². The second-order valence-electron chi connectivity index (χ2n) is 6.49. The summed E-state index contributed by atoms with van der Waals surface area (Å²) in [6.45, 7) is 5.78. The lowest BCUT2D eigenvalue weighted by atomic mass is 10.1. The van der Waals surface area contributed by atoms with Crippen molar-refractivity contribution in [3.8, 4) is 17.1 Å². The van der Waals surface area contributed by atoms with E-state index in [1.165, 1.54) is 18.5 Å². The van der Waals surface area contributed by atoms with Gasteiger partial charge in [-0.25, -0.2) is 14.4 Å². The third kappa shape index (κ3) is 7.29. The zero-order valence-electron chi connectivity index (χ0n) is 16.9. The van der Waals surface area contributed by atoms with Gasteiger partial charge in [-0.3, -0.25) is 5.10 Å². The van der Waals surface area contributed by atoms with Crippen molar-refractivity contribution < 1.29 is 9.13 Å². The van der Waals surface area contributed by atoms with Crippen molar-refractivity contribution >= 4 is 29.9 Å². The number of H-pyrrole nitrogens is 1. The van der Waals surface area contributed by atoms with Gasteiger partial charge in [0.05, 0.1) is 13.1 Å². The first kappa shape index (κ1) is 23.6. The van der Waals surface area contributed by atoms with Crippen molar-refractivity contribution in [2.45, 2.75) is 26.5 Å². The summed E-state index contributed by atoms with van der Waals surface area (Å²) < 4.78 is 18.8. The van der Waals surface area contributed by atoms with Crippen LogP contribution in [0, 0.1) is 5.82 Å². The van der Waals surface area contributed by atoms with Crippen LogP contribution in [0.4, 0.5) is 4.39 Å². The first-order valence-electron chi connectivity index (χ1n) is 9.53. The van der Waals surface area contributed by atoms with Gasteiger partial charge in [-0.15, -0.1) is 24.0 Å². The molecule has 0 amide bonds. The van der Waals surface area contributed by atoms with E-state index in [9.17, 15) is 4.39 Å². The molecule has 30 heavy (non-hydrogen) atoms. The summed E-state index contributed by atoms with van der Waals surface area (Å²) >= 11 is 0. The van der Waals surface area contributed by atoms with Gasteiger partial charge in [0.15, 0.2) is 11.8 Å². The van der Waals surface area contributed by atoms with Crippen LogP contribution >= 0.6 is 24.0 Å². The van der Waals surface area contributed by atoms with Crippen molar-refractivity contribution in [1.82, 2.24) is 25.8 Å². The average molecular weight is 524 g/mol. The van der Waals surface area contributed by atoms with Crippen molar-refractivity contribution in [3.63, 3.8) is 0 Å². The lowest BCUT2D eigenvalue weighted by molar-refractivity contribution is 0.223. The molecule has 0 fully saturated rings. The number of aliphatic imine (C=N–C) groups is 1. The van der Waals surface area contributed by atoms with Gasteiger partial charge in [0, 0.05) is 12.1 Å². The van der Waals surface area contributed by atoms with Crippen molar-refractivity contribution in [1.29, 1.82) is 0 Å². The topological polar surface area (TPSA) is 87.2 Å². The summed E-state index contributed by atoms with van der Waals surface area (Å²) in [4.78, 5) is 8.82. The summed E-state index contributed by atoms with van der Waals surface area (Å²) in [5.41, 5.74) is 2.03. The Morgan fingerprint density at radius 2 is 2.00 bits per heavy atom. The van der Waals surface area contributed by atoms with Crippen LogP contribution in [0.15, 0.2) is 59.9 Å². The minimum atomic E-state index is -0.280. The second kappa shape index (κ2) is 12.1. The number of aromatic nitrogens is 3. The van der Waals surface area contributed by atoms with Crippen LogP contribution in [0.2, 0.25) is 0 Å². The van der Waals surface area contributed by atoms with Gasteiger partial charge in [0.25, 0.3) is 0 Å². The fourth-order valence-corrected chi connectivity index (χ4v) is 2.70. The molecule has 1 unspecified atom stereocenters. The van der Waals surface area contributed by atoms with Crippen LogP contribution in [0.1, 0.15) is 19.4 Å².